The smallest absolute Gasteiger partial charge is 0.255 e. The van der Waals surface area contributed by atoms with Gasteiger partial charge in [-0.15, -0.1) is 0 Å². The van der Waals surface area contributed by atoms with Crippen LogP contribution in [0.4, 0.5) is 0 Å². The van der Waals surface area contributed by atoms with Gasteiger partial charge in [0.2, 0.25) is 0 Å². The number of hydrogen-bond donors (Lipinski definition) is 2. The summed E-state index contributed by atoms with van der Waals surface area (Å²) in [6, 6.07) is 8.97. The third-order valence-corrected chi connectivity index (χ3v) is 5.74. The minimum atomic E-state index is -0.285. The van der Waals surface area contributed by atoms with Gasteiger partial charge in [-0.05, 0) is 37.3 Å². The summed E-state index contributed by atoms with van der Waals surface area (Å²) in [7, 11) is 0. The van der Waals surface area contributed by atoms with Gasteiger partial charge in [0.05, 0.1) is 11.7 Å². The molecule has 2 N–H and O–H groups in total. The molecule has 1 aliphatic carbocycles. The number of rotatable bonds is 6. The molecule has 5 nitrogen and oxygen atoms in total. The summed E-state index contributed by atoms with van der Waals surface area (Å²) in [5, 5.41) is 13.3. The Hall–Kier alpha value is -2.11. The van der Waals surface area contributed by atoms with E-state index in [0.717, 1.165) is 18.4 Å². The molecule has 0 unspecified atom stereocenters. The van der Waals surface area contributed by atoms with Gasteiger partial charge in [-0.1, -0.05) is 43.6 Å². The van der Waals surface area contributed by atoms with Gasteiger partial charge in [0.15, 0.2) is 11.5 Å². The third-order valence-electron chi connectivity index (χ3n) is 5.40. The Morgan fingerprint density at radius 1 is 1.25 bits per heavy atom. The highest BCUT2D eigenvalue weighted by atomic mass is 35.5. The molecular weight excluding hydrogens is 378 g/mol. The summed E-state index contributed by atoms with van der Waals surface area (Å²) >= 11 is 6.33. The van der Waals surface area contributed by atoms with Crippen molar-refractivity contribution in [3.63, 3.8) is 0 Å². The molecule has 1 aromatic heterocycles. The summed E-state index contributed by atoms with van der Waals surface area (Å²) in [5.74, 6) is -0.0402. The van der Waals surface area contributed by atoms with Crippen LogP contribution in [0, 0.1) is 0 Å². The summed E-state index contributed by atoms with van der Waals surface area (Å²) in [6.07, 6.45) is 2.85. The van der Waals surface area contributed by atoms with Crippen molar-refractivity contribution in [2.24, 2.45) is 0 Å². The Balaban J connectivity index is 1.90. The average Bonchev–Trinajstić information content (AvgIpc) is 3.14. The van der Waals surface area contributed by atoms with Crippen LogP contribution in [0.25, 0.3) is 0 Å². The van der Waals surface area contributed by atoms with Crippen molar-refractivity contribution < 1.29 is 19.1 Å². The number of carbonyl (C=O) groups is 2. The van der Waals surface area contributed by atoms with E-state index in [1.165, 1.54) is 0 Å². The zero-order valence-corrected chi connectivity index (χ0v) is 17.0. The number of aliphatic hydroxyl groups is 1. The van der Waals surface area contributed by atoms with Crippen LogP contribution in [0.15, 0.2) is 34.7 Å². The zero-order chi connectivity index (χ0) is 20.3. The van der Waals surface area contributed by atoms with Gasteiger partial charge in [0, 0.05) is 29.5 Å². The number of hydrogen-bond acceptors (Lipinski definition) is 4. The topological polar surface area (TPSA) is 79.5 Å². The minimum Gasteiger partial charge on any atom is -0.456 e. The van der Waals surface area contributed by atoms with Crippen molar-refractivity contribution in [1.29, 1.82) is 0 Å². The number of Topliss-reactive ketones (excluding diaryl/α,β-unsaturated/α-hetero) is 1. The molecular formula is C22H26ClNO4. The van der Waals surface area contributed by atoms with Crippen LogP contribution in [0.1, 0.15) is 84.1 Å². The Morgan fingerprint density at radius 3 is 2.57 bits per heavy atom. The molecule has 1 amide bonds. The highest BCUT2D eigenvalue weighted by Gasteiger charge is 2.28. The van der Waals surface area contributed by atoms with Crippen LogP contribution in [0.5, 0.6) is 0 Å². The van der Waals surface area contributed by atoms with Gasteiger partial charge in [-0.3, -0.25) is 9.59 Å². The molecule has 1 fully saturated rings. The summed E-state index contributed by atoms with van der Waals surface area (Å²) in [6.45, 7) is 3.67. The van der Waals surface area contributed by atoms with Crippen LogP contribution < -0.4 is 5.32 Å². The Kier molecular flexibility index (Phi) is 6.57. The molecule has 0 bridgehead atoms. The first kappa shape index (κ1) is 20.6. The van der Waals surface area contributed by atoms with E-state index in [9.17, 15) is 14.7 Å². The molecule has 150 valence electrons. The predicted molar refractivity (Wildman–Crippen MR) is 108 cm³/mol. The van der Waals surface area contributed by atoms with E-state index < -0.39 is 0 Å². The van der Waals surface area contributed by atoms with Crippen molar-refractivity contribution in [3.05, 3.63) is 58.0 Å². The average molecular weight is 404 g/mol. The predicted octanol–water partition coefficient (Wildman–Crippen LogP) is 4.71. The molecule has 1 heterocycles. The normalized spacial score (nSPS) is 20.6. The first-order valence-electron chi connectivity index (χ1n) is 9.81. The lowest BCUT2D eigenvalue weighted by atomic mass is 9.92. The molecule has 6 heteroatoms. The Morgan fingerprint density at radius 2 is 1.93 bits per heavy atom. The lowest BCUT2D eigenvalue weighted by Crippen LogP contribution is -2.38. The fraction of sp³-hybridized carbons (Fsp3) is 0.455. The fourth-order valence-corrected chi connectivity index (χ4v) is 3.97. The standard InChI is InChI=1S/C22H26ClNO4/c1-3-19(26)20-12-17(22(27)24-14-8-10-15(25)11-9-14)21(28-20)13(2)16-6-4-5-7-18(16)23/h4-7,12-15,25H,3,8-11H2,1-2H3,(H,24,27)/t13-,14?,15?/m0/s1. The fourth-order valence-electron chi connectivity index (χ4n) is 3.67. The monoisotopic (exact) mass is 403 g/mol. The number of benzene rings is 1. The number of carbonyl (C=O) groups excluding carboxylic acids is 2. The van der Waals surface area contributed by atoms with Crippen LogP contribution in [-0.4, -0.2) is 28.9 Å². The van der Waals surface area contributed by atoms with E-state index in [1.807, 2.05) is 25.1 Å². The van der Waals surface area contributed by atoms with Crippen LogP contribution in [-0.2, 0) is 0 Å². The SMILES string of the molecule is CCC(=O)c1cc(C(=O)NC2CCC(O)CC2)c([C@@H](C)c2ccccc2Cl)o1. The Labute approximate surface area is 170 Å². The molecule has 3 rings (SSSR count). The molecule has 0 saturated heterocycles. The second-order valence-corrected chi connectivity index (χ2v) is 7.79. The van der Waals surface area contributed by atoms with Crippen LogP contribution >= 0.6 is 11.6 Å². The zero-order valence-electron chi connectivity index (χ0n) is 16.2. The van der Waals surface area contributed by atoms with Gasteiger partial charge in [0.25, 0.3) is 5.91 Å². The highest BCUT2D eigenvalue weighted by Crippen LogP contribution is 2.34. The quantitative estimate of drug-likeness (QED) is 0.684. The molecule has 1 atom stereocenters. The lowest BCUT2D eigenvalue weighted by Gasteiger charge is -2.26. The van der Waals surface area contributed by atoms with E-state index in [-0.39, 0.29) is 35.5 Å². The van der Waals surface area contributed by atoms with E-state index in [4.69, 9.17) is 16.0 Å². The van der Waals surface area contributed by atoms with Gasteiger partial charge >= 0.3 is 0 Å². The van der Waals surface area contributed by atoms with E-state index in [2.05, 4.69) is 5.32 Å². The van der Waals surface area contributed by atoms with Crippen molar-refractivity contribution in [2.45, 2.75) is 64.0 Å². The van der Waals surface area contributed by atoms with E-state index in [0.29, 0.717) is 35.6 Å². The number of amides is 1. The number of aliphatic hydroxyl groups excluding tert-OH is 1. The lowest BCUT2D eigenvalue weighted by molar-refractivity contribution is 0.0865. The van der Waals surface area contributed by atoms with Crippen molar-refractivity contribution in [3.8, 4) is 0 Å². The second-order valence-electron chi connectivity index (χ2n) is 7.39. The first-order chi connectivity index (χ1) is 13.4. The van der Waals surface area contributed by atoms with Crippen molar-refractivity contribution in [2.75, 3.05) is 0 Å². The van der Waals surface area contributed by atoms with Crippen LogP contribution in [0.3, 0.4) is 0 Å². The first-order valence-corrected chi connectivity index (χ1v) is 10.2. The summed E-state index contributed by atoms with van der Waals surface area (Å²) < 4.78 is 5.86. The van der Waals surface area contributed by atoms with Crippen LogP contribution in [0.2, 0.25) is 5.02 Å². The highest BCUT2D eigenvalue weighted by molar-refractivity contribution is 6.31. The molecule has 2 aromatic rings. The largest absolute Gasteiger partial charge is 0.456 e. The number of halogens is 1. The summed E-state index contributed by atoms with van der Waals surface area (Å²) in [4.78, 5) is 25.2. The van der Waals surface area contributed by atoms with E-state index in [1.54, 1.807) is 19.1 Å². The molecule has 1 aliphatic rings. The molecule has 0 aliphatic heterocycles. The second kappa shape index (κ2) is 8.93. The molecule has 0 spiro atoms. The molecule has 28 heavy (non-hydrogen) atoms. The van der Waals surface area contributed by atoms with Crippen molar-refractivity contribution in [1.82, 2.24) is 5.32 Å². The molecule has 0 radical (unpaired) electrons. The minimum absolute atomic E-state index is 0.0135. The number of furan rings is 1. The molecule has 1 aromatic carbocycles. The van der Waals surface area contributed by atoms with Gasteiger partial charge in [-0.2, -0.15) is 0 Å². The number of ketones is 1. The van der Waals surface area contributed by atoms with Gasteiger partial charge in [-0.25, -0.2) is 0 Å². The maximum Gasteiger partial charge on any atom is 0.255 e. The Bertz CT molecular complexity index is 852. The van der Waals surface area contributed by atoms with Gasteiger partial charge < -0.3 is 14.8 Å². The third kappa shape index (κ3) is 4.47. The van der Waals surface area contributed by atoms with E-state index >= 15 is 0 Å². The molecule has 1 saturated carbocycles. The number of nitrogens with one attached hydrogen (secondary N) is 1. The van der Waals surface area contributed by atoms with Crippen molar-refractivity contribution >= 4 is 23.3 Å². The maximum atomic E-state index is 13.0. The van der Waals surface area contributed by atoms with Gasteiger partial charge in [0.1, 0.15) is 5.76 Å². The summed E-state index contributed by atoms with van der Waals surface area (Å²) in [5.41, 5.74) is 1.21. The maximum absolute atomic E-state index is 13.0.